The van der Waals surface area contributed by atoms with Crippen molar-refractivity contribution in [2.24, 2.45) is 0 Å². The standard InChI is InChI=1S/C22H20N2O6/c1-12-4-5-13(9-17(12)22(28)29)19(25)23-14-6-7-16-18(10-14)21(27)24(20(16)26)11-15-3-2-8-30-15/h4-7,9-10,15H,2-3,8,11H2,1H3,(H,23,25)(H,28,29)/t15-/m1/s1. The molecule has 1 atom stereocenters. The van der Waals surface area contributed by atoms with Gasteiger partial charge < -0.3 is 15.2 Å². The van der Waals surface area contributed by atoms with Crippen molar-refractivity contribution in [2.75, 3.05) is 18.5 Å². The molecule has 0 spiro atoms. The van der Waals surface area contributed by atoms with Gasteiger partial charge in [0.2, 0.25) is 0 Å². The molecule has 154 valence electrons. The number of aromatic carboxylic acids is 1. The van der Waals surface area contributed by atoms with Crippen molar-refractivity contribution in [3.05, 3.63) is 64.2 Å². The summed E-state index contributed by atoms with van der Waals surface area (Å²) < 4.78 is 5.53. The molecule has 0 radical (unpaired) electrons. The van der Waals surface area contributed by atoms with E-state index in [1.165, 1.54) is 29.2 Å². The first kappa shape index (κ1) is 19.8. The van der Waals surface area contributed by atoms with E-state index >= 15 is 0 Å². The van der Waals surface area contributed by atoms with Gasteiger partial charge in [-0.15, -0.1) is 0 Å². The molecule has 0 saturated carbocycles. The number of carbonyl (C=O) groups excluding carboxylic acids is 3. The number of anilines is 1. The Hall–Kier alpha value is -3.52. The number of nitrogens with zero attached hydrogens (tertiary/aromatic N) is 1. The van der Waals surface area contributed by atoms with Crippen molar-refractivity contribution in [2.45, 2.75) is 25.9 Å². The SMILES string of the molecule is Cc1ccc(C(=O)Nc2ccc3c(c2)C(=O)N(C[C@H]2CCCO2)C3=O)cc1C(=O)O. The van der Waals surface area contributed by atoms with Gasteiger partial charge in [-0.3, -0.25) is 19.3 Å². The van der Waals surface area contributed by atoms with Gasteiger partial charge in [-0.05, 0) is 55.7 Å². The number of nitrogens with one attached hydrogen (secondary N) is 1. The zero-order chi connectivity index (χ0) is 21.4. The molecule has 2 N–H and O–H groups in total. The number of hydrogen-bond acceptors (Lipinski definition) is 5. The Morgan fingerprint density at radius 1 is 1.13 bits per heavy atom. The lowest BCUT2D eigenvalue weighted by Gasteiger charge is -2.17. The number of carbonyl (C=O) groups is 4. The normalized spacial score (nSPS) is 17.9. The second-order valence-electron chi connectivity index (χ2n) is 7.41. The minimum atomic E-state index is -1.12. The van der Waals surface area contributed by atoms with Gasteiger partial charge in [0.1, 0.15) is 0 Å². The largest absolute Gasteiger partial charge is 0.478 e. The molecule has 4 rings (SSSR count). The Kier molecular flexibility index (Phi) is 5.09. The van der Waals surface area contributed by atoms with Crippen LogP contribution < -0.4 is 5.32 Å². The fourth-order valence-corrected chi connectivity index (χ4v) is 3.72. The Morgan fingerprint density at radius 2 is 1.90 bits per heavy atom. The van der Waals surface area contributed by atoms with Crippen molar-refractivity contribution < 1.29 is 29.0 Å². The van der Waals surface area contributed by atoms with E-state index in [0.29, 0.717) is 23.4 Å². The van der Waals surface area contributed by atoms with Crippen LogP contribution in [0.1, 0.15) is 59.8 Å². The van der Waals surface area contributed by atoms with E-state index in [-0.39, 0.29) is 35.2 Å². The third kappa shape index (κ3) is 3.57. The minimum absolute atomic E-state index is 0.0437. The summed E-state index contributed by atoms with van der Waals surface area (Å²) in [5.41, 5.74) is 1.64. The van der Waals surface area contributed by atoms with Crippen LogP contribution in [0.15, 0.2) is 36.4 Å². The maximum Gasteiger partial charge on any atom is 0.335 e. The van der Waals surface area contributed by atoms with Crippen LogP contribution in [0.5, 0.6) is 0 Å². The molecule has 2 aliphatic rings. The van der Waals surface area contributed by atoms with Crippen molar-refractivity contribution in [1.82, 2.24) is 4.90 Å². The predicted molar refractivity (Wildman–Crippen MR) is 107 cm³/mol. The zero-order valence-electron chi connectivity index (χ0n) is 16.3. The molecule has 2 heterocycles. The third-order valence-corrected chi connectivity index (χ3v) is 5.37. The van der Waals surface area contributed by atoms with Crippen LogP contribution in [0.2, 0.25) is 0 Å². The average molecular weight is 408 g/mol. The number of benzene rings is 2. The molecule has 2 aromatic carbocycles. The van der Waals surface area contributed by atoms with Gasteiger partial charge in [-0.1, -0.05) is 6.07 Å². The summed E-state index contributed by atoms with van der Waals surface area (Å²) in [5, 5.41) is 11.9. The van der Waals surface area contributed by atoms with Gasteiger partial charge in [0.05, 0.1) is 29.3 Å². The molecule has 1 saturated heterocycles. The van der Waals surface area contributed by atoms with Gasteiger partial charge in [0.25, 0.3) is 17.7 Å². The molecule has 0 unspecified atom stereocenters. The maximum atomic E-state index is 12.7. The Labute approximate surface area is 172 Å². The minimum Gasteiger partial charge on any atom is -0.478 e. The molecule has 30 heavy (non-hydrogen) atoms. The van der Waals surface area contributed by atoms with E-state index in [1.54, 1.807) is 19.1 Å². The highest BCUT2D eigenvalue weighted by Crippen LogP contribution is 2.28. The van der Waals surface area contributed by atoms with E-state index in [0.717, 1.165) is 12.8 Å². The van der Waals surface area contributed by atoms with Crippen LogP contribution in [0.3, 0.4) is 0 Å². The number of imide groups is 1. The summed E-state index contributed by atoms with van der Waals surface area (Å²) in [4.78, 5) is 50.4. The fourth-order valence-electron chi connectivity index (χ4n) is 3.72. The van der Waals surface area contributed by atoms with Crippen LogP contribution in [-0.2, 0) is 4.74 Å². The van der Waals surface area contributed by atoms with E-state index in [4.69, 9.17) is 4.74 Å². The van der Waals surface area contributed by atoms with Crippen molar-refractivity contribution >= 4 is 29.4 Å². The number of aryl methyl sites for hydroxylation is 1. The molecule has 8 nitrogen and oxygen atoms in total. The van der Waals surface area contributed by atoms with Crippen LogP contribution in [0, 0.1) is 6.92 Å². The first-order valence-corrected chi connectivity index (χ1v) is 9.62. The average Bonchev–Trinajstić information content (AvgIpc) is 3.31. The molecule has 0 aliphatic carbocycles. The van der Waals surface area contributed by atoms with Gasteiger partial charge in [-0.25, -0.2) is 4.79 Å². The quantitative estimate of drug-likeness (QED) is 0.736. The number of amides is 3. The zero-order valence-corrected chi connectivity index (χ0v) is 16.3. The van der Waals surface area contributed by atoms with Crippen LogP contribution >= 0.6 is 0 Å². The summed E-state index contributed by atoms with van der Waals surface area (Å²) in [6.07, 6.45) is 1.58. The maximum absolute atomic E-state index is 12.7. The fraction of sp³-hybridized carbons (Fsp3) is 0.273. The first-order chi connectivity index (χ1) is 14.3. The predicted octanol–water partition coefficient (Wildman–Crippen LogP) is 2.72. The summed E-state index contributed by atoms with van der Waals surface area (Å²) >= 11 is 0. The number of carboxylic acids is 1. The van der Waals surface area contributed by atoms with Crippen LogP contribution in [-0.4, -0.2) is 53.0 Å². The van der Waals surface area contributed by atoms with Crippen molar-refractivity contribution in [1.29, 1.82) is 0 Å². The van der Waals surface area contributed by atoms with Gasteiger partial charge in [0.15, 0.2) is 0 Å². The lowest BCUT2D eigenvalue weighted by atomic mass is 10.0. The van der Waals surface area contributed by atoms with Crippen molar-refractivity contribution in [3.63, 3.8) is 0 Å². The molecule has 1 fully saturated rings. The van der Waals surface area contributed by atoms with E-state index < -0.39 is 17.8 Å². The number of fused-ring (bicyclic) bond motifs is 1. The highest BCUT2D eigenvalue weighted by atomic mass is 16.5. The van der Waals surface area contributed by atoms with Gasteiger partial charge in [0, 0.05) is 17.9 Å². The topological polar surface area (TPSA) is 113 Å². The lowest BCUT2D eigenvalue weighted by Crippen LogP contribution is -2.36. The van der Waals surface area contributed by atoms with Gasteiger partial charge in [-0.2, -0.15) is 0 Å². The molecule has 3 amide bonds. The molecule has 0 bridgehead atoms. The number of carboxylic acid groups (broad SMARTS) is 1. The molecular formula is C22H20N2O6. The number of hydrogen-bond donors (Lipinski definition) is 2. The Bertz CT molecular complexity index is 1070. The smallest absolute Gasteiger partial charge is 0.335 e. The summed E-state index contributed by atoms with van der Waals surface area (Å²) in [7, 11) is 0. The second-order valence-corrected chi connectivity index (χ2v) is 7.41. The van der Waals surface area contributed by atoms with Crippen LogP contribution in [0.4, 0.5) is 5.69 Å². The first-order valence-electron chi connectivity index (χ1n) is 9.62. The van der Waals surface area contributed by atoms with E-state index in [2.05, 4.69) is 5.32 Å². The molecule has 8 heteroatoms. The summed E-state index contributed by atoms with van der Waals surface area (Å²) in [6, 6.07) is 8.92. The highest BCUT2D eigenvalue weighted by Gasteiger charge is 2.37. The van der Waals surface area contributed by atoms with Crippen molar-refractivity contribution in [3.8, 4) is 0 Å². The molecule has 0 aromatic heterocycles. The number of ether oxygens (including phenoxy) is 1. The summed E-state index contributed by atoms with van der Waals surface area (Å²) in [5.74, 6) is -2.40. The second kappa shape index (κ2) is 7.72. The van der Waals surface area contributed by atoms with E-state index in [9.17, 15) is 24.3 Å². The van der Waals surface area contributed by atoms with E-state index in [1.807, 2.05) is 0 Å². The third-order valence-electron chi connectivity index (χ3n) is 5.37. The monoisotopic (exact) mass is 408 g/mol. The number of rotatable bonds is 5. The summed E-state index contributed by atoms with van der Waals surface area (Å²) in [6.45, 7) is 2.50. The van der Waals surface area contributed by atoms with Crippen LogP contribution in [0.25, 0.3) is 0 Å². The highest BCUT2D eigenvalue weighted by molar-refractivity contribution is 6.22. The molecule has 2 aliphatic heterocycles. The Morgan fingerprint density at radius 3 is 2.60 bits per heavy atom. The lowest BCUT2D eigenvalue weighted by molar-refractivity contribution is 0.0475. The Balaban J connectivity index is 1.53. The molecular weight excluding hydrogens is 388 g/mol. The van der Waals surface area contributed by atoms with Gasteiger partial charge >= 0.3 is 5.97 Å². The molecule has 2 aromatic rings.